The number of thiocarbonyl (C=S) groups is 1. The molecule has 0 unspecified atom stereocenters. The third-order valence-electron chi connectivity index (χ3n) is 3.24. The first-order chi connectivity index (χ1) is 9.40. The predicted molar refractivity (Wildman–Crippen MR) is 91.2 cm³/mol. The molecule has 1 saturated heterocycles. The number of thioether (sulfide) groups is 1. The number of amides is 1. The summed E-state index contributed by atoms with van der Waals surface area (Å²) in [7, 11) is 0. The molecule has 1 fully saturated rings. The molecular formula is C14H15BrN2OS2. The van der Waals surface area contributed by atoms with Crippen LogP contribution in [0.25, 0.3) is 6.08 Å². The molecule has 0 bridgehead atoms. The first-order valence-corrected chi connectivity index (χ1v) is 8.30. The monoisotopic (exact) mass is 370 g/mol. The van der Waals surface area contributed by atoms with Crippen molar-refractivity contribution in [3.8, 4) is 0 Å². The van der Waals surface area contributed by atoms with E-state index in [9.17, 15) is 4.79 Å². The molecule has 1 aliphatic rings. The minimum atomic E-state index is -0.0101. The molecule has 0 N–H and O–H groups in total. The largest absolute Gasteiger partial charge is 0.290 e. The number of rotatable bonds is 3. The topological polar surface area (TPSA) is 33.2 Å². The van der Waals surface area contributed by atoms with Crippen molar-refractivity contribution in [1.29, 1.82) is 0 Å². The Morgan fingerprint density at radius 1 is 1.40 bits per heavy atom. The number of pyridine rings is 1. The zero-order valence-electron chi connectivity index (χ0n) is 11.5. The number of nitrogens with zero attached hydrogens (tertiary/aromatic N) is 2. The second-order valence-electron chi connectivity index (χ2n) is 4.95. The maximum Gasteiger partial charge on any atom is 0.266 e. The van der Waals surface area contributed by atoms with Gasteiger partial charge in [0.2, 0.25) is 0 Å². The third-order valence-corrected chi connectivity index (χ3v) is 5.04. The molecule has 0 saturated carbocycles. The normalized spacial score (nSPS) is 19.2. The minimum absolute atomic E-state index is 0.0101. The Kier molecular flexibility index (Phi) is 4.99. The van der Waals surface area contributed by atoms with E-state index in [0.29, 0.717) is 15.1 Å². The molecule has 20 heavy (non-hydrogen) atoms. The van der Waals surface area contributed by atoms with Crippen LogP contribution in [-0.4, -0.2) is 26.2 Å². The molecular weight excluding hydrogens is 356 g/mol. The van der Waals surface area contributed by atoms with Crippen LogP contribution in [0.1, 0.15) is 26.3 Å². The Morgan fingerprint density at radius 3 is 2.65 bits per heavy atom. The Balaban J connectivity index is 2.25. The molecule has 0 spiro atoms. The average molecular weight is 371 g/mol. The van der Waals surface area contributed by atoms with E-state index in [0.717, 1.165) is 10.2 Å². The highest BCUT2D eigenvalue weighted by Crippen LogP contribution is 2.35. The Morgan fingerprint density at radius 2 is 2.10 bits per heavy atom. The van der Waals surface area contributed by atoms with Crippen LogP contribution in [0.3, 0.4) is 0 Å². The maximum absolute atomic E-state index is 12.5. The smallest absolute Gasteiger partial charge is 0.266 e. The number of halogens is 1. The SMILES string of the molecule is CC(C)[C@@H](C)N1C(=O)/C(=C/c2ccc(Br)nc2)SC1=S. The van der Waals surface area contributed by atoms with Gasteiger partial charge in [-0.2, -0.15) is 0 Å². The molecule has 2 heterocycles. The van der Waals surface area contributed by atoms with Gasteiger partial charge in [-0.25, -0.2) is 4.98 Å². The summed E-state index contributed by atoms with van der Waals surface area (Å²) in [6, 6.07) is 3.87. The van der Waals surface area contributed by atoms with Gasteiger partial charge in [0, 0.05) is 12.2 Å². The van der Waals surface area contributed by atoms with E-state index in [2.05, 4.69) is 34.8 Å². The molecule has 1 atom stereocenters. The second kappa shape index (κ2) is 6.37. The molecule has 2 rings (SSSR count). The summed E-state index contributed by atoms with van der Waals surface area (Å²) < 4.78 is 1.41. The van der Waals surface area contributed by atoms with E-state index in [-0.39, 0.29) is 11.9 Å². The summed E-state index contributed by atoms with van der Waals surface area (Å²) in [4.78, 5) is 19.0. The van der Waals surface area contributed by atoms with Crippen LogP contribution < -0.4 is 0 Å². The quantitative estimate of drug-likeness (QED) is 0.455. The molecule has 3 nitrogen and oxygen atoms in total. The average Bonchev–Trinajstić information content (AvgIpc) is 2.66. The maximum atomic E-state index is 12.5. The summed E-state index contributed by atoms with van der Waals surface area (Å²) >= 11 is 9.98. The van der Waals surface area contributed by atoms with Crippen LogP contribution in [0.4, 0.5) is 0 Å². The molecule has 1 aromatic rings. The fourth-order valence-electron chi connectivity index (χ4n) is 1.75. The van der Waals surface area contributed by atoms with Gasteiger partial charge in [0.25, 0.3) is 5.91 Å². The van der Waals surface area contributed by atoms with Gasteiger partial charge in [0.1, 0.15) is 8.92 Å². The van der Waals surface area contributed by atoms with Crippen molar-refractivity contribution in [3.05, 3.63) is 33.4 Å². The zero-order valence-corrected chi connectivity index (χ0v) is 14.7. The number of carbonyl (C=O) groups is 1. The molecule has 0 aliphatic carbocycles. The highest BCUT2D eigenvalue weighted by molar-refractivity contribution is 9.10. The number of hydrogen-bond acceptors (Lipinski definition) is 4. The van der Waals surface area contributed by atoms with Gasteiger partial charge >= 0.3 is 0 Å². The van der Waals surface area contributed by atoms with E-state index >= 15 is 0 Å². The molecule has 0 aromatic carbocycles. The lowest BCUT2D eigenvalue weighted by Crippen LogP contribution is -2.39. The fraction of sp³-hybridized carbons (Fsp3) is 0.357. The number of carbonyl (C=O) groups excluding carboxylic acids is 1. The molecule has 1 aliphatic heterocycles. The van der Waals surface area contributed by atoms with Crippen LogP contribution in [-0.2, 0) is 4.79 Å². The first kappa shape index (κ1) is 15.7. The summed E-state index contributed by atoms with van der Waals surface area (Å²) in [5.74, 6) is 0.357. The highest BCUT2D eigenvalue weighted by Gasteiger charge is 2.36. The van der Waals surface area contributed by atoms with Gasteiger partial charge in [-0.15, -0.1) is 0 Å². The van der Waals surface area contributed by atoms with Crippen molar-refractivity contribution < 1.29 is 4.79 Å². The van der Waals surface area contributed by atoms with Gasteiger partial charge in [-0.3, -0.25) is 9.69 Å². The summed E-state index contributed by atoms with van der Waals surface area (Å²) in [6.07, 6.45) is 3.56. The third kappa shape index (κ3) is 3.30. The Labute approximate surface area is 137 Å². The molecule has 106 valence electrons. The van der Waals surface area contributed by atoms with Gasteiger partial charge in [-0.1, -0.05) is 43.9 Å². The van der Waals surface area contributed by atoms with Crippen molar-refractivity contribution in [2.24, 2.45) is 5.92 Å². The fourth-order valence-corrected chi connectivity index (χ4v) is 3.42. The van der Waals surface area contributed by atoms with E-state index in [1.54, 1.807) is 11.1 Å². The molecule has 6 heteroatoms. The number of hydrogen-bond donors (Lipinski definition) is 0. The lowest BCUT2D eigenvalue weighted by atomic mass is 10.1. The molecule has 0 radical (unpaired) electrons. The van der Waals surface area contributed by atoms with Crippen LogP contribution in [0.5, 0.6) is 0 Å². The second-order valence-corrected chi connectivity index (χ2v) is 7.44. The van der Waals surface area contributed by atoms with Gasteiger partial charge in [-0.05, 0) is 46.5 Å². The van der Waals surface area contributed by atoms with E-state index in [4.69, 9.17) is 12.2 Å². The Bertz CT molecular complexity index is 569. The zero-order chi connectivity index (χ0) is 14.9. The van der Waals surface area contributed by atoms with E-state index in [1.807, 2.05) is 25.1 Å². The lowest BCUT2D eigenvalue weighted by Gasteiger charge is -2.26. The standard InChI is InChI=1S/C14H15BrN2OS2/c1-8(2)9(3)17-13(18)11(20-14(17)19)6-10-4-5-12(15)16-7-10/h4-9H,1-3H3/b11-6-/t9-/m1/s1. The van der Waals surface area contributed by atoms with E-state index in [1.165, 1.54) is 11.8 Å². The Hall–Kier alpha value is -0.720. The van der Waals surface area contributed by atoms with Crippen molar-refractivity contribution >= 4 is 56.2 Å². The van der Waals surface area contributed by atoms with Crippen molar-refractivity contribution in [2.45, 2.75) is 26.8 Å². The number of aromatic nitrogens is 1. The highest BCUT2D eigenvalue weighted by atomic mass is 79.9. The van der Waals surface area contributed by atoms with Crippen molar-refractivity contribution in [3.63, 3.8) is 0 Å². The minimum Gasteiger partial charge on any atom is -0.290 e. The van der Waals surface area contributed by atoms with Crippen LogP contribution in [0, 0.1) is 5.92 Å². The summed E-state index contributed by atoms with van der Waals surface area (Å²) in [5, 5.41) is 0. The predicted octanol–water partition coefficient (Wildman–Crippen LogP) is 4.09. The molecule has 1 aromatic heterocycles. The van der Waals surface area contributed by atoms with Crippen molar-refractivity contribution in [1.82, 2.24) is 9.88 Å². The van der Waals surface area contributed by atoms with Gasteiger partial charge < -0.3 is 0 Å². The lowest BCUT2D eigenvalue weighted by molar-refractivity contribution is -0.123. The van der Waals surface area contributed by atoms with Gasteiger partial charge in [0.15, 0.2) is 0 Å². The summed E-state index contributed by atoms with van der Waals surface area (Å²) in [5.41, 5.74) is 0.894. The van der Waals surface area contributed by atoms with Crippen LogP contribution in [0.2, 0.25) is 0 Å². The van der Waals surface area contributed by atoms with E-state index < -0.39 is 0 Å². The molecule has 1 amide bonds. The van der Waals surface area contributed by atoms with Crippen molar-refractivity contribution in [2.75, 3.05) is 0 Å². The van der Waals surface area contributed by atoms with Crippen LogP contribution in [0.15, 0.2) is 27.8 Å². The summed E-state index contributed by atoms with van der Waals surface area (Å²) in [6.45, 7) is 6.21. The van der Waals surface area contributed by atoms with Crippen LogP contribution >= 0.6 is 39.9 Å². The first-order valence-electron chi connectivity index (χ1n) is 6.28. The van der Waals surface area contributed by atoms with Gasteiger partial charge in [0.05, 0.1) is 4.91 Å².